The molecule has 1 amide bonds. The summed E-state index contributed by atoms with van der Waals surface area (Å²) in [4.78, 5) is 11.0. The molecule has 0 aliphatic carbocycles. The first-order valence-corrected chi connectivity index (χ1v) is 4.52. The molecule has 0 aliphatic rings. The highest BCUT2D eigenvalue weighted by molar-refractivity contribution is 5.93. The molecule has 0 unspecified atom stereocenters. The van der Waals surface area contributed by atoms with Crippen LogP contribution in [0, 0.1) is 0 Å². The Labute approximate surface area is 84.1 Å². The quantitative estimate of drug-likeness (QED) is 0.664. The summed E-state index contributed by atoms with van der Waals surface area (Å²) in [5, 5.41) is 0. The minimum Gasteiger partial charge on any atom is -0.398 e. The fourth-order valence-corrected chi connectivity index (χ4v) is 1.36. The first kappa shape index (κ1) is 10.6. The summed E-state index contributed by atoms with van der Waals surface area (Å²) in [5.74, 6) is -0.421. The Hall–Kier alpha value is -1.51. The van der Waals surface area contributed by atoms with Gasteiger partial charge in [0, 0.05) is 11.3 Å². The van der Waals surface area contributed by atoms with Gasteiger partial charge in [-0.1, -0.05) is 20.8 Å². The van der Waals surface area contributed by atoms with E-state index < -0.39 is 5.91 Å². The maximum absolute atomic E-state index is 11.0. The van der Waals surface area contributed by atoms with Crippen LogP contribution in [0.15, 0.2) is 18.2 Å². The van der Waals surface area contributed by atoms with Crippen LogP contribution in [-0.2, 0) is 5.41 Å². The highest BCUT2D eigenvalue weighted by Crippen LogP contribution is 2.28. The number of primary amides is 1. The third-order valence-electron chi connectivity index (χ3n) is 2.15. The monoisotopic (exact) mass is 192 g/mol. The van der Waals surface area contributed by atoms with Crippen LogP contribution in [0.2, 0.25) is 0 Å². The van der Waals surface area contributed by atoms with E-state index in [1.165, 1.54) is 0 Å². The number of nitrogens with two attached hydrogens (primary N) is 2. The number of carbonyl (C=O) groups excluding carboxylic acids is 1. The largest absolute Gasteiger partial charge is 0.398 e. The van der Waals surface area contributed by atoms with Crippen LogP contribution in [0.4, 0.5) is 5.69 Å². The first-order valence-electron chi connectivity index (χ1n) is 4.52. The zero-order chi connectivity index (χ0) is 10.9. The van der Waals surface area contributed by atoms with Gasteiger partial charge in [0.2, 0.25) is 5.91 Å². The molecule has 1 aromatic rings. The molecule has 14 heavy (non-hydrogen) atoms. The van der Waals surface area contributed by atoms with Crippen molar-refractivity contribution >= 4 is 11.6 Å². The van der Waals surface area contributed by atoms with E-state index in [0.717, 1.165) is 5.56 Å². The van der Waals surface area contributed by atoms with Crippen LogP contribution >= 0.6 is 0 Å². The van der Waals surface area contributed by atoms with E-state index in [1.54, 1.807) is 18.2 Å². The topological polar surface area (TPSA) is 69.1 Å². The lowest BCUT2D eigenvalue weighted by molar-refractivity contribution is 0.1000. The molecule has 0 fully saturated rings. The van der Waals surface area contributed by atoms with Crippen molar-refractivity contribution in [1.29, 1.82) is 0 Å². The van der Waals surface area contributed by atoms with Gasteiger partial charge in [0.25, 0.3) is 0 Å². The maximum Gasteiger partial charge on any atom is 0.248 e. The summed E-state index contributed by atoms with van der Waals surface area (Å²) < 4.78 is 0. The van der Waals surface area contributed by atoms with Crippen molar-refractivity contribution in [2.24, 2.45) is 5.73 Å². The van der Waals surface area contributed by atoms with Crippen LogP contribution in [-0.4, -0.2) is 5.91 Å². The number of rotatable bonds is 1. The molecule has 0 aromatic heterocycles. The SMILES string of the molecule is CC(C)(C)c1cc(C(N)=O)ccc1N. The average Bonchev–Trinajstić information content (AvgIpc) is 2.02. The predicted octanol–water partition coefficient (Wildman–Crippen LogP) is 1.67. The Bertz CT molecular complexity index is 364. The van der Waals surface area contributed by atoms with Gasteiger partial charge in [-0.3, -0.25) is 4.79 Å². The molecule has 0 spiro atoms. The van der Waals surface area contributed by atoms with Crippen LogP contribution in [0.5, 0.6) is 0 Å². The van der Waals surface area contributed by atoms with Gasteiger partial charge in [-0.2, -0.15) is 0 Å². The summed E-state index contributed by atoms with van der Waals surface area (Å²) in [7, 11) is 0. The van der Waals surface area contributed by atoms with E-state index in [1.807, 2.05) is 20.8 Å². The normalized spacial score (nSPS) is 11.4. The van der Waals surface area contributed by atoms with E-state index in [4.69, 9.17) is 11.5 Å². The molecule has 0 saturated heterocycles. The molecule has 76 valence electrons. The second-order valence-electron chi connectivity index (χ2n) is 4.42. The number of nitrogen functional groups attached to an aromatic ring is 1. The lowest BCUT2D eigenvalue weighted by Gasteiger charge is -2.21. The Morgan fingerprint density at radius 2 is 1.86 bits per heavy atom. The number of hydrogen-bond donors (Lipinski definition) is 2. The van der Waals surface area contributed by atoms with Crippen molar-refractivity contribution in [3.8, 4) is 0 Å². The van der Waals surface area contributed by atoms with Crippen LogP contribution < -0.4 is 11.5 Å². The van der Waals surface area contributed by atoms with Gasteiger partial charge in [0.15, 0.2) is 0 Å². The molecule has 4 N–H and O–H groups in total. The van der Waals surface area contributed by atoms with Gasteiger partial charge >= 0.3 is 0 Å². The lowest BCUT2D eigenvalue weighted by atomic mass is 9.85. The molecule has 1 aromatic carbocycles. The third kappa shape index (κ3) is 2.05. The fraction of sp³-hybridized carbons (Fsp3) is 0.364. The number of amides is 1. The molecule has 3 heteroatoms. The smallest absolute Gasteiger partial charge is 0.248 e. The first-order chi connectivity index (χ1) is 6.32. The molecule has 0 atom stereocenters. The average molecular weight is 192 g/mol. The number of benzene rings is 1. The summed E-state index contributed by atoms with van der Waals surface area (Å²) in [6, 6.07) is 5.13. The van der Waals surface area contributed by atoms with E-state index in [2.05, 4.69) is 0 Å². The Morgan fingerprint density at radius 3 is 2.29 bits per heavy atom. The summed E-state index contributed by atoms with van der Waals surface area (Å²) >= 11 is 0. The van der Waals surface area contributed by atoms with Crippen molar-refractivity contribution in [1.82, 2.24) is 0 Å². The molecule has 1 rings (SSSR count). The maximum atomic E-state index is 11.0. The van der Waals surface area contributed by atoms with Crippen LogP contribution in [0.3, 0.4) is 0 Å². The van der Waals surface area contributed by atoms with Gasteiger partial charge < -0.3 is 11.5 Å². The van der Waals surface area contributed by atoms with Crippen LogP contribution in [0.1, 0.15) is 36.7 Å². The van der Waals surface area contributed by atoms with Gasteiger partial charge in [-0.15, -0.1) is 0 Å². The highest BCUT2D eigenvalue weighted by Gasteiger charge is 2.17. The number of hydrogen-bond acceptors (Lipinski definition) is 2. The van der Waals surface area contributed by atoms with E-state index in [9.17, 15) is 4.79 Å². The molecular weight excluding hydrogens is 176 g/mol. The minimum absolute atomic E-state index is 0.0739. The highest BCUT2D eigenvalue weighted by atomic mass is 16.1. The fourth-order valence-electron chi connectivity index (χ4n) is 1.36. The van der Waals surface area contributed by atoms with E-state index in [-0.39, 0.29) is 5.41 Å². The van der Waals surface area contributed by atoms with Crippen molar-refractivity contribution in [3.63, 3.8) is 0 Å². The second-order valence-corrected chi connectivity index (χ2v) is 4.42. The minimum atomic E-state index is -0.421. The zero-order valence-corrected chi connectivity index (χ0v) is 8.79. The van der Waals surface area contributed by atoms with Crippen molar-refractivity contribution in [3.05, 3.63) is 29.3 Å². The van der Waals surface area contributed by atoms with Crippen molar-refractivity contribution < 1.29 is 4.79 Å². The molecule has 0 radical (unpaired) electrons. The van der Waals surface area contributed by atoms with Gasteiger partial charge in [-0.25, -0.2) is 0 Å². The second kappa shape index (κ2) is 3.33. The van der Waals surface area contributed by atoms with Crippen molar-refractivity contribution in [2.45, 2.75) is 26.2 Å². The van der Waals surface area contributed by atoms with E-state index >= 15 is 0 Å². The third-order valence-corrected chi connectivity index (χ3v) is 2.15. The number of anilines is 1. The summed E-state index contributed by atoms with van der Waals surface area (Å²) in [6.45, 7) is 6.14. The molecular formula is C11H16N2O. The molecule has 3 nitrogen and oxygen atoms in total. The molecule has 0 saturated carbocycles. The zero-order valence-electron chi connectivity index (χ0n) is 8.79. The van der Waals surface area contributed by atoms with Crippen LogP contribution in [0.25, 0.3) is 0 Å². The van der Waals surface area contributed by atoms with Crippen molar-refractivity contribution in [2.75, 3.05) is 5.73 Å². The Morgan fingerprint density at radius 1 is 1.29 bits per heavy atom. The van der Waals surface area contributed by atoms with E-state index in [0.29, 0.717) is 11.3 Å². The lowest BCUT2D eigenvalue weighted by Crippen LogP contribution is -2.17. The standard InChI is InChI=1S/C11H16N2O/c1-11(2,3)8-6-7(10(13)14)4-5-9(8)12/h4-6H,12H2,1-3H3,(H2,13,14). The predicted molar refractivity (Wildman–Crippen MR) is 58.1 cm³/mol. The van der Waals surface area contributed by atoms with Gasteiger partial charge in [-0.05, 0) is 29.2 Å². The summed E-state index contributed by atoms with van der Waals surface area (Å²) in [5.41, 5.74) is 13.1. The molecule has 0 heterocycles. The molecule has 0 aliphatic heterocycles. The summed E-state index contributed by atoms with van der Waals surface area (Å²) in [6.07, 6.45) is 0. The van der Waals surface area contributed by atoms with Gasteiger partial charge in [0.1, 0.15) is 0 Å². The number of carbonyl (C=O) groups is 1. The Balaban J connectivity index is 3.29. The van der Waals surface area contributed by atoms with Gasteiger partial charge in [0.05, 0.1) is 0 Å². The molecule has 0 bridgehead atoms. The Kier molecular flexibility index (Phi) is 2.51.